The van der Waals surface area contributed by atoms with E-state index in [0.717, 1.165) is 63.9 Å². The van der Waals surface area contributed by atoms with Crippen molar-refractivity contribution in [1.29, 1.82) is 0 Å². The van der Waals surface area contributed by atoms with Crippen molar-refractivity contribution in [2.24, 2.45) is 5.92 Å². The number of thioether (sulfide) groups is 1. The van der Waals surface area contributed by atoms with Crippen LogP contribution in [0.4, 0.5) is 4.79 Å². The SMILES string of the molecule is O=C(NC1CCCCC1)N1CCC2(CC1)SCCN2C(=O)C1CCCC1. The molecule has 0 bridgehead atoms. The van der Waals surface area contributed by atoms with Gasteiger partial charge in [-0.2, -0.15) is 0 Å². The highest BCUT2D eigenvalue weighted by atomic mass is 32.2. The van der Waals surface area contributed by atoms with Gasteiger partial charge in [0.05, 0.1) is 4.87 Å². The number of hydrogen-bond acceptors (Lipinski definition) is 3. The van der Waals surface area contributed by atoms with E-state index < -0.39 is 0 Å². The zero-order valence-electron chi connectivity index (χ0n) is 15.9. The van der Waals surface area contributed by atoms with Crippen LogP contribution in [0.3, 0.4) is 0 Å². The third kappa shape index (κ3) is 3.71. The van der Waals surface area contributed by atoms with E-state index >= 15 is 0 Å². The summed E-state index contributed by atoms with van der Waals surface area (Å²) in [6.07, 6.45) is 12.5. The van der Waals surface area contributed by atoms with Gasteiger partial charge in [0.2, 0.25) is 5.91 Å². The van der Waals surface area contributed by atoms with Crippen LogP contribution < -0.4 is 5.32 Å². The first-order chi connectivity index (χ1) is 12.7. The molecule has 26 heavy (non-hydrogen) atoms. The topological polar surface area (TPSA) is 52.7 Å². The van der Waals surface area contributed by atoms with Crippen molar-refractivity contribution in [3.05, 3.63) is 0 Å². The molecule has 146 valence electrons. The minimum absolute atomic E-state index is 0.0404. The van der Waals surface area contributed by atoms with E-state index in [2.05, 4.69) is 10.2 Å². The number of nitrogens with zero attached hydrogens (tertiary/aromatic N) is 2. The smallest absolute Gasteiger partial charge is 0.317 e. The molecular weight excluding hydrogens is 346 g/mol. The summed E-state index contributed by atoms with van der Waals surface area (Å²) in [4.78, 5) is 29.8. The molecule has 0 unspecified atom stereocenters. The standard InChI is InChI=1S/C20H33N3O2S/c24-18(16-6-4-5-7-16)23-14-15-26-20(23)10-12-22(13-11-20)19(25)21-17-8-2-1-3-9-17/h16-17H,1-15H2,(H,21,25). The molecule has 1 spiro atoms. The van der Waals surface area contributed by atoms with Crippen molar-refractivity contribution in [2.45, 2.75) is 81.5 Å². The molecule has 2 saturated carbocycles. The van der Waals surface area contributed by atoms with E-state index in [0.29, 0.717) is 11.9 Å². The normalized spacial score (nSPS) is 27.2. The van der Waals surface area contributed by atoms with Crippen molar-refractivity contribution in [1.82, 2.24) is 15.1 Å². The molecule has 6 heteroatoms. The molecule has 0 aromatic carbocycles. The summed E-state index contributed by atoms with van der Waals surface area (Å²) in [7, 11) is 0. The highest BCUT2D eigenvalue weighted by molar-refractivity contribution is 8.00. The van der Waals surface area contributed by atoms with Gasteiger partial charge in [0, 0.05) is 37.3 Å². The predicted molar refractivity (Wildman–Crippen MR) is 105 cm³/mol. The molecule has 0 aromatic heterocycles. The van der Waals surface area contributed by atoms with Gasteiger partial charge in [-0.3, -0.25) is 4.79 Å². The summed E-state index contributed by atoms with van der Waals surface area (Å²) >= 11 is 1.96. The summed E-state index contributed by atoms with van der Waals surface area (Å²) in [5, 5.41) is 3.25. The molecule has 4 rings (SSSR count). The van der Waals surface area contributed by atoms with Crippen molar-refractivity contribution in [3.8, 4) is 0 Å². The second-order valence-corrected chi connectivity index (χ2v) is 9.99. The van der Waals surface area contributed by atoms with Gasteiger partial charge in [-0.1, -0.05) is 32.1 Å². The Morgan fingerprint density at radius 2 is 1.54 bits per heavy atom. The Balaban J connectivity index is 1.32. The first kappa shape index (κ1) is 18.5. The number of likely N-dealkylation sites (tertiary alicyclic amines) is 1. The molecule has 2 aliphatic carbocycles. The minimum Gasteiger partial charge on any atom is -0.335 e. The van der Waals surface area contributed by atoms with Crippen LogP contribution in [0.5, 0.6) is 0 Å². The third-order valence-corrected chi connectivity index (χ3v) is 8.47. The maximum atomic E-state index is 13.0. The van der Waals surface area contributed by atoms with Gasteiger partial charge in [-0.25, -0.2) is 4.79 Å². The van der Waals surface area contributed by atoms with Crippen molar-refractivity contribution >= 4 is 23.7 Å². The summed E-state index contributed by atoms with van der Waals surface area (Å²) in [6, 6.07) is 0.483. The molecular formula is C20H33N3O2S. The fraction of sp³-hybridized carbons (Fsp3) is 0.900. The Bertz CT molecular complexity index is 521. The third-order valence-electron chi connectivity index (χ3n) is 6.91. The average Bonchev–Trinajstić information content (AvgIpc) is 3.33. The molecule has 2 heterocycles. The number of amides is 3. The lowest BCUT2D eigenvalue weighted by Gasteiger charge is -2.45. The minimum atomic E-state index is -0.0404. The fourth-order valence-electron chi connectivity index (χ4n) is 5.30. The maximum absolute atomic E-state index is 13.0. The van der Waals surface area contributed by atoms with Crippen LogP contribution in [0, 0.1) is 5.92 Å². The molecule has 0 aromatic rings. The van der Waals surface area contributed by atoms with Crippen LogP contribution in [-0.2, 0) is 4.79 Å². The van der Waals surface area contributed by atoms with Gasteiger partial charge in [-0.05, 0) is 38.5 Å². The Labute approximate surface area is 161 Å². The van der Waals surface area contributed by atoms with Crippen LogP contribution in [0.1, 0.15) is 70.6 Å². The average molecular weight is 380 g/mol. The van der Waals surface area contributed by atoms with E-state index in [1.807, 2.05) is 16.7 Å². The van der Waals surface area contributed by atoms with Gasteiger partial charge in [0.15, 0.2) is 0 Å². The molecule has 1 N–H and O–H groups in total. The lowest BCUT2D eigenvalue weighted by Crippen LogP contribution is -2.56. The number of rotatable bonds is 2. The lowest BCUT2D eigenvalue weighted by molar-refractivity contribution is -0.138. The highest BCUT2D eigenvalue weighted by Gasteiger charge is 2.48. The Morgan fingerprint density at radius 1 is 0.885 bits per heavy atom. The van der Waals surface area contributed by atoms with Crippen molar-refractivity contribution in [2.75, 3.05) is 25.4 Å². The molecule has 2 aliphatic heterocycles. The molecule has 0 atom stereocenters. The second-order valence-electron chi connectivity index (χ2n) is 8.54. The first-order valence-corrected chi connectivity index (χ1v) is 11.7. The summed E-state index contributed by atoms with van der Waals surface area (Å²) < 4.78 is 0. The van der Waals surface area contributed by atoms with Gasteiger partial charge < -0.3 is 15.1 Å². The number of carbonyl (C=O) groups is 2. The lowest BCUT2D eigenvalue weighted by atomic mass is 9.95. The van der Waals surface area contributed by atoms with Crippen molar-refractivity contribution < 1.29 is 9.59 Å². The number of carbonyl (C=O) groups excluding carboxylic acids is 2. The molecule has 3 amide bonds. The molecule has 2 saturated heterocycles. The summed E-state index contributed by atoms with van der Waals surface area (Å²) in [6.45, 7) is 2.45. The molecule has 4 aliphatic rings. The fourth-order valence-corrected chi connectivity index (χ4v) is 6.76. The monoisotopic (exact) mass is 379 g/mol. The Hall–Kier alpha value is -0.910. The largest absolute Gasteiger partial charge is 0.335 e. The van der Waals surface area contributed by atoms with Gasteiger partial charge in [0.25, 0.3) is 0 Å². The van der Waals surface area contributed by atoms with Crippen LogP contribution >= 0.6 is 11.8 Å². The van der Waals surface area contributed by atoms with Crippen LogP contribution in [-0.4, -0.2) is 58.0 Å². The van der Waals surface area contributed by atoms with E-state index in [9.17, 15) is 9.59 Å². The second kappa shape index (κ2) is 7.99. The van der Waals surface area contributed by atoms with E-state index in [-0.39, 0.29) is 16.8 Å². The highest BCUT2D eigenvalue weighted by Crippen LogP contribution is 2.45. The maximum Gasteiger partial charge on any atom is 0.317 e. The number of hydrogen-bond donors (Lipinski definition) is 1. The quantitative estimate of drug-likeness (QED) is 0.798. The summed E-state index contributed by atoms with van der Waals surface area (Å²) in [5.74, 6) is 1.71. The van der Waals surface area contributed by atoms with E-state index in [1.54, 1.807) is 0 Å². The van der Waals surface area contributed by atoms with Gasteiger partial charge in [0.1, 0.15) is 0 Å². The number of piperidine rings is 1. The predicted octanol–water partition coefficient (Wildman–Crippen LogP) is 3.59. The number of urea groups is 1. The molecule has 0 radical (unpaired) electrons. The zero-order chi connectivity index (χ0) is 18.0. The number of nitrogens with one attached hydrogen (secondary N) is 1. The van der Waals surface area contributed by atoms with Crippen LogP contribution in [0.15, 0.2) is 0 Å². The first-order valence-electron chi connectivity index (χ1n) is 10.7. The van der Waals surface area contributed by atoms with Crippen molar-refractivity contribution in [3.63, 3.8) is 0 Å². The Kier molecular flexibility index (Phi) is 5.67. The Morgan fingerprint density at radius 3 is 2.23 bits per heavy atom. The zero-order valence-corrected chi connectivity index (χ0v) is 16.7. The molecule has 5 nitrogen and oxygen atoms in total. The summed E-state index contributed by atoms with van der Waals surface area (Å²) in [5.41, 5.74) is 0. The van der Waals surface area contributed by atoms with E-state index in [4.69, 9.17) is 0 Å². The van der Waals surface area contributed by atoms with Crippen LogP contribution in [0.2, 0.25) is 0 Å². The van der Waals surface area contributed by atoms with Crippen LogP contribution in [0.25, 0.3) is 0 Å². The van der Waals surface area contributed by atoms with Gasteiger partial charge in [-0.15, -0.1) is 11.8 Å². The van der Waals surface area contributed by atoms with E-state index in [1.165, 1.54) is 32.1 Å². The van der Waals surface area contributed by atoms with Gasteiger partial charge >= 0.3 is 6.03 Å². The molecule has 4 fully saturated rings.